The van der Waals surface area contributed by atoms with Crippen LogP contribution < -0.4 is 5.73 Å². The van der Waals surface area contributed by atoms with Crippen LogP contribution >= 0.6 is 15.9 Å². The fourth-order valence-corrected chi connectivity index (χ4v) is 4.82. The highest BCUT2D eigenvalue weighted by Gasteiger charge is 2.44. The number of amides is 1. The third-order valence-corrected chi connectivity index (χ3v) is 5.88. The first kappa shape index (κ1) is 14.2. The predicted octanol–water partition coefficient (Wildman–Crippen LogP) is 1.42. The van der Waals surface area contributed by atoms with Crippen LogP contribution in [0.3, 0.4) is 0 Å². The molecule has 22 heavy (non-hydrogen) atoms. The Bertz CT molecular complexity index is 586. The van der Waals surface area contributed by atoms with Crippen molar-refractivity contribution in [2.45, 2.75) is 50.4 Å². The molecule has 4 aliphatic heterocycles. The van der Waals surface area contributed by atoms with Crippen LogP contribution in [0.5, 0.6) is 0 Å². The van der Waals surface area contributed by atoms with Gasteiger partial charge in [0.2, 0.25) is 5.91 Å². The lowest BCUT2D eigenvalue weighted by Crippen LogP contribution is -2.54. The standard InChI is InChI=1S/C15H20BrN5O/c16-13-12-14(17)18-6-7-20(12)15(19-13)9-4-5-10-2-1-3-11(22)21(10)8-9/h6-7,9-10,12,15H,1-5,8H2,(H2,17,18)/t9-,10-,12?,15+/m0/s1. The Labute approximate surface area is 138 Å². The molecule has 0 aliphatic carbocycles. The summed E-state index contributed by atoms with van der Waals surface area (Å²) in [5.41, 5.74) is 6.01. The van der Waals surface area contributed by atoms with Crippen molar-refractivity contribution in [1.29, 1.82) is 0 Å². The van der Waals surface area contributed by atoms with Crippen molar-refractivity contribution in [3.05, 3.63) is 12.4 Å². The number of nitrogens with two attached hydrogens (primary N) is 1. The number of aliphatic imine (C=N–C) groups is 2. The van der Waals surface area contributed by atoms with Crippen LogP contribution in [0.4, 0.5) is 0 Å². The van der Waals surface area contributed by atoms with Crippen molar-refractivity contribution in [3.8, 4) is 0 Å². The average Bonchev–Trinajstić information content (AvgIpc) is 2.86. The number of hydrogen-bond acceptors (Lipinski definition) is 5. The van der Waals surface area contributed by atoms with Gasteiger partial charge in [-0.15, -0.1) is 0 Å². The number of carbonyl (C=O) groups excluding carboxylic acids is 1. The number of amidine groups is 1. The van der Waals surface area contributed by atoms with Crippen LogP contribution in [0.2, 0.25) is 0 Å². The topological polar surface area (TPSA) is 74.3 Å². The molecule has 7 heteroatoms. The van der Waals surface area contributed by atoms with E-state index >= 15 is 0 Å². The third kappa shape index (κ3) is 2.17. The second kappa shape index (κ2) is 5.37. The molecule has 0 aromatic rings. The summed E-state index contributed by atoms with van der Waals surface area (Å²) in [6, 6.07) is 0.371. The Morgan fingerprint density at radius 3 is 3.05 bits per heavy atom. The number of halogens is 1. The quantitative estimate of drug-likeness (QED) is 0.763. The minimum Gasteiger partial charge on any atom is -0.385 e. The van der Waals surface area contributed by atoms with Crippen LogP contribution in [0.25, 0.3) is 0 Å². The zero-order chi connectivity index (χ0) is 15.3. The summed E-state index contributed by atoms with van der Waals surface area (Å²) < 4.78 is 0.843. The summed E-state index contributed by atoms with van der Waals surface area (Å²) in [5, 5.41) is 0. The lowest BCUT2D eigenvalue weighted by Gasteiger charge is -2.45. The Morgan fingerprint density at radius 1 is 1.32 bits per heavy atom. The van der Waals surface area contributed by atoms with Gasteiger partial charge in [-0.05, 0) is 41.6 Å². The molecule has 6 nitrogen and oxygen atoms in total. The number of hydrogen-bond donors (Lipinski definition) is 1. The van der Waals surface area contributed by atoms with Crippen molar-refractivity contribution in [3.63, 3.8) is 0 Å². The highest BCUT2D eigenvalue weighted by Crippen LogP contribution is 2.36. The van der Waals surface area contributed by atoms with Crippen molar-refractivity contribution in [2.75, 3.05) is 6.54 Å². The van der Waals surface area contributed by atoms with Gasteiger partial charge in [0.25, 0.3) is 0 Å². The lowest BCUT2D eigenvalue weighted by atomic mass is 9.85. The second-order valence-corrected chi connectivity index (χ2v) is 7.31. The van der Waals surface area contributed by atoms with Gasteiger partial charge in [-0.2, -0.15) is 0 Å². The molecule has 1 amide bonds. The van der Waals surface area contributed by atoms with E-state index in [1.54, 1.807) is 6.20 Å². The van der Waals surface area contributed by atoms with E-state index < -0.39 is 0 Å². The van der Waals surface area contributed by atoms with Gasteiger partial charge < -0.3 is 15.5 Å². The van der Waals surface area contributed by atoms with E-state index in [1.165, 1.54) is 0 Å². The molecule has 118 valence electrons. The molecule has 2 saturated heterocycles. The molecule has 0 spiro atoms. The molecule has 4 atom stereocenters. The van der Waals surface area contributed by atoms with Crippen molar-refractivity contribution in [1.82, 2.24) is 9.80 Å². The molecule has 4 rings (SSSR count). The normalized spacial score (nSPS) is 37.6. The molecule has 0 bridgehead atoms. The maximum Gasteiger partial charge on any atom is 0.222 e. The van der Waals surface area contributed by atoms with Gasteiger partial charge in [-0.3, -0.25) is 9.79 Å². The van der Waals surface area contributed by atoms with Crippen LogP contribution in [-0.4, -0.2) is 51.0 Å². The first-order chi connectivity index (χ1) is 10.6. The van der Waals surface area contributed by atoms with Gasteiger partial charge in [-0.1, -0.05) is 0 Å². The monoisotopic (exact) mass is 365 g/mol. The van der Waals surface area contributed by atoms with Gasteiger partial charge in [0, 0.05) is 37.3 Å². The van der Waals surface area contributed by atoms with E-state index in [9.17, 15) is 4.79 Å². The number of rotatable bonds is 1. The van der Waals surface area contributed by atoms with Gasteiger partial charge in [0.15, 0.2) is 0 Å². The third-order valence-electron chi connectivity index (χ3n) is 5.24. The van der Waals surface area contributed by atoms with E-state index in [2.05, 4.69) is 30.7 Å². The van der Waals surface area contributed by atoms with Gasteiger partial charge in [0.05, 0.1) is 0 Å². The maximum absolute atomic E-state index is 12.2. The molecule has 0 radical (unpaired) electrons. The molecule has 0 saturated carbocycles. The van der Waals surface area contributed by atoms with Crippen LogP contribution in [0, 0.1) is 5.92 Å². The van der Waals surface area contributed by atoms with E-state index in [-0.39, 0.29) is 12.2 Å². The van der Waals surface area contributed by atoms with Gasteiger partial charge in [-0.25, -0.2) is 4.99 Å². The molecule has 4 aliphatic rings. The van der Waals surface area contributed by atoms with Crippen LogP contribution in [-0.2, 0) is 4.79 Å². The Kier molecular flexibility index (Phi) is 3.47. The minimum atomic E-state index is -0.0789. The fraction of sp³-hybridized carbons (Fsp3) is 0.667. The largest absolute Gasteiger partial charge is 0.385 e. The maximum atomic E-state index is 12.2. The summed E-state index contributed by atoms with van der Waals surface area (Å²) in [6.45, 7) is 0.812. The molecule has 0 aromatic heterocycles. The Balaban J connectivity index is 1.54. The van der Waals surface area contributed by atoms with E-state index in [4.69, 9.17) is 10.7 Å². The van der Waals surface area contributed by atoms with Gasteiger partial charge in [0.1, 0.15) is 22.7 Å². The van der Waals surface area contributed by atoms with Crippen LogP contribution in [0.15, 0.2) is 22.4 Å². The highest BCUT2D eigenvalue weighted by molar-refractivity contribution is 9.18. The second-order valence-electron chi connectivity index (χ2n) is 6.50. The fourth-order valence-electron chi connectivity index (χ4n) is 4.14. The Morgan fingerprint density at radius 2 is 2.18 bits per heavy atom. The van der Waals surface area contributed by atoms with Crippen molar-refractivity contribution >= 4 is 32.3 Å². The van der Waals surface area contributed by atoms with Gasteiger partial charge >= 0.3 is 0 Å². The Hall–Kier alpha value is -1.37. The number of carbonyl (C=O) groups is 1. The first-order valence-corrected chi connectivity index (χ1v) is 8.74. The molecule has 0 aromatic carbocycles. The zero-order valence-electron chi connectivity index (χ0n) is 12.4. The average molecular weight is 366 g/mol. The summed E-state index contributed by atoms with van der Waals surface area (Å²) in [7, 11) is 0. The summed E-state index contributed by atoms with van der Waals surface area (Å²) in [5.74, 6) is 1.24. The number of nitrogens with zero attached hydrogens (tertiary/aromatic N) is 4. The first-order valence-electron chi connectivity index (χ1n) is 7.95. The lowest BCUT2D eigenvalue weighted by molar-refractivity contribution is -0.139. The SMILES string of the molecule is NC1=NC=CN2C1C(Br)=N[C@H]2[C@H]1CC[C@@H]2CCCC(=O)N2C1. The van der Waals surface area contributed by atoms with E-state index in [0.717, 1.165) is 36.8 Å². The smallest absolute Gasteiger partial charge is 0.222 e. The van der Waals surface area contributed by atoms with E-state index in [0.29, 0.717) is 30.1 Å². The molecule has 4 heterocycles. The summed E-state index contributed by atoms with van der Waals surface area (Å²) in [6.07, 6.45) is 8.84. The molecule has 2 N–H and O–H groups in total. The van der Waals surface area contributed by atoms with Crippen LogP contribution in [0.1, 0.15) is 32.1 Å². The zero-order valence-corrected chi connectivity index (χ0v) is 13.9. The minimum absolute atomic E-state index is 0.0420. The molecular formula is C15H20BrN5O. The molecule has 1 unspecified atom stereocenters. The summed E-state index contributed by atoms with van der Waals surface area (Å²) in [4.78, 5) is 25.4. The van der Waals surface area contributed by atoms with Crippen molar-refractivity contribution in [2.24, 2.45) is 21.6 Å². The molecule has 2 fully saturated rings. The van der Waals surface area contributed by atoms with E-state index in [1.807, 2.05) is 6.20 Å². The number of piperidine rings is 2. The summed E-state index contributed by atoms with van der Waals surface area (Å²) >= 11 is 3.54. The number of fused-ring (bicyclic) bond motifs is 2. The van der Waals surface area contributed by atoms with Crippen molar-refractivity contribution < 1.29 is 4.79 Å². The predicted molar refractivity (Wildman–Crippen MR) is 88.6 cm³/mol. The highest BCUT2D eigenvalue weighted by atomic mass is 79.9. The molecular weight excluding hydrogens is 346 g/mol.